The van der Waals surface area contributed by atoms with Gasteiger partial charge in [-0.25, -0.2) is 9.97 Å². The molecule has 1 fully saturated rings. The molecule has 2 heterocycles. The van der Waals surface area contributed by atoms with Crippen LogP contribution < -0.4 is 15.4 Å². The fourth-order valence-corrected chi connectivity index (χ4v) is 4.17. The number of carbonyl (C=O) groups excluding carboxylic acids is 1. The topological polar surface area (TPSA) is 81.3 Å². The van der Waals surface area contributed by atoms with Gasteiger partial charge in [0.2, 0.25) is 11.9 Å². The lowest BCUT2D eigenvalue weighted by molar-refractivity contribution is 0.0999. The van der Waals surface area contributed by atoms with E-state index in [9.17, 15) is 4.79 Å². The Labute approximate surface area is 179 Å². The maximum atomic E-state index is 11.5. The quantitative estimate of drug-likeness (QED) is 0.653. The molecule has 0 aliphatic carbocycles. The Balaban J connectivity index is 1.40. The Hall–Kier alpha value is -2.63. The van der Waals surface area contributed by atoms with Crippen LogP contribution in [-0.2, 0) is 0 Å². The van der Waals surface area contributed by atoms with Gasteiger partial charge in [-0.2, -0.15) is 0 Å². The van der Waals surface area contributed by atoms with Gasteiger partial charge in [-0.15, -0.1) is 0 Å². The normalized spacial score (nSPS) is 14.9. The molecule has 6 nitrogen and oxygen atoms in total. The van der Waals surface area contributed by atoms with E-state index >= 15 is 0 Å². The lowest BCUT2D eigenvalue weighted by atomic mass is 9.92. The number of hydrogen-bond donors (Lipinski definition) is 1. The predicted octanol–water partition coefficient (Wildman–Crippen LogP) is 4.39. The number of carbonyl (C=O) groups is 1. The van der Waals surface area contributed by atoms with Crippen molar-refractivity contribution in [2.24, 2.45) is 11.7 Å². The minimum absolute atomic E-state index is 0.385. The van der Waals surface area contributed by atoms with Crippen LogP contribution in [0.15, 0.2) is 24.5 Å². The lowest BCUT2D eigenvalue weighted by Gasteiger charge is -2.32. The van der Waals surface area contributed by atoms with Crippen LogP contribution in [0.1, 0.15) is 72.5 Å². The third kappa shape index (κ3) is 5.49. The van der Waals surface area contributed by atoms with Gasteiger partial charge in [-0.05, 0) is 80.2 Å². The fraction of sp³-hybridized carbons (Fsp3) is 0.542. The first-order chi connectivity index (χ1) is 14.3. The van der Waals surface area contributed by atoms with E-state index in [0.29, 0.717) is 18.1 Å². The van der Waals surface area contributed by atoms with Crippen LogP contribution in [0.4, 0.5) is 5.95 Å². The molecule has 1 aromatic heterocycles. The molecule has 0 radical (unpaired) electrons. The third-order valence-corrected chi connectivity index (χ3v) is 6.00. The Morgan fingerprint density at radius 3 is 2.30 bits per heavy atom. The van der Waals surface area contributed by atoms with E-state index in [1.807, 2.05) is 38.4 Å². The molecular formula is C24H34N4O2. The molecule has 0 spiro atoms. The molecule has 1 aliphatic heterocycles. The molecule has 0 saturated carbocycles. The number of nitrogens with two attached hydrogens (primary N) is 1. The molecular weight excluding hydrogens is 376 g/mol. The fourth-order valence-electron chi connectivity index (χ4n) is 4.17. The van der Waals surface area contributed by atoms with Gasteiger partial charge in [-0.1, -0.05) is 13.8 Å². The van der Waals surface area contributed by atoms with Gasteiger partial charge in [-0.3, -0.25) is 4.79 Å². The average Bonchev–Trinajstić information content (AvgIpc) is 2.71. The van der Waals surface area contributed by atoms with E-state index in [1.54, 1.807) is 0 Å². The van der Waals surface area contributed by atoms with Gasteiger partial charge >= 0.3 is 0 Å². The summed E-state index contributed by atoms with van der Waals surface area (Å²) in [6.45, 7) is 10.8. The van der Waals surface area contributed by atoms with Crippen LogP contribution in [0.25, 0.3) is 0 Å². The smallest absolute Gasteiger partial charge is 0.249 e. The van der Waals surface area contributed by atoms with Crippen LogP contribution in [0.3, 0.4) is 0 Å². The van der Waals surface area contributed by atoms with E-state index in [4.69, 9.17) is 10.5 Å². The number of rotatable bonds is 8. The highest BCUT2D eigenvalue weighted by atomic mass is 16.5. The van der Waals surface area contributed by atoms with Gasteiger partial charge in [0, 0.05) is 31.0 Å². The number of piperidine rings is 1. The number of anilines is 1. The minimum Gasteiger partial charge on any atom is -0.494 e. The van der Waals surface area contributed by atoms with Crippen molar-refractivity contribution in [1.82, 2.24) is 9.97 Å². The third-order valence-electron chi connectivity index (χ3n) is 6.00. The van der Waals surface area contributed by atoms with Crippen LogP contribution in [0.2, 0.25) is 0 Å². The zero-order chi connectivity index (χ0) is 21.7. The summed E-state index contributed by atoms with van der Waals surface area (Å²) < 4.78 is 5.93. The first-order valence-electron chi connectivity index (χ1n) is 11.0. The number of primary amides is 1. The molecule has 1 saturated heterocycles. The summed E-state index contributed by atoms with van der Waals surface area (Å²) in [5.74, 6) is 2.46. The lowest BCUT2D eigenvalue weighted by Crippen LogP contribution is -2.35. The van der Waals surface area contributed by atoms with Gasteiger partial charge in [0.1, 0.15) is 5.75 Å². The van der Waals surface area contributed by atoms with Crippen molar-refractivity contribution < 1.29 is 9.53 Å². The number of aryl methyl sites for hydroxylation is 2. The van der Waals surface area contributed by atoms with E-state index < -0.39 is 0 Å². The van der Waals surface area contributed by atoms with Crippen LogP contribution in [-0.4, -0.2) is 35.6 Å². The highest BCUT2D eigenvalue weighted by molar-refractivity contribution is 5.96. The first kappa shape index (κ1) is 22.1. The second-order valence-corrected chi connectivity index (χ2v) is 8.69. The molecule has 0 unspecified atom stereocenters. The number of nitrogens with zero attached hydrogens (tertiary/aromatic N) is 3. The Bertz CT molecular complexity index is 833. The van der Waals surface area contributed by atoms with E-state index in [-0.39, 0.29) is 5.91 Å². The average molecular weight is 411 g/mol. The second-order valence-electron chi connectivity index (χ2n) is 8.69. The van der Waals surface area contributed by atoms with Gasteiger partial charge < -0.3 is 15.4 Å². The molecule has 3 rings (SSSR count). The highest BCUT2D eigenvalue weighted by Crippen LogP contribution is 2.26. The number of hydrogen-bond acceptors (Lipinski definition) is 5. The maximum absolute atomic E-state index is 11.5. The Morgan fingerprint density at radius 2 is 1.77 bits per heavy atom. The Morgan fingerprint density at radius 1 is 1.17 bits per heavy atom. The van der Waals surface area contributed by atoms with E-state index in [0.717, 1.165) is 54.7 Å². The highest BCUT2D eigenvalue weighted by Gasteiger charge is 2.21. The number of amides is 1. The van der Waals surface area contributed by atoms with Gasteiger partial charge in [0.15, 0.2) is 0 Å². The second kappa shape index (κ2) is 9.92. The molecule has 0 bridgehead atoms. The molecule has 2 aromatic rings. The summed E-state index contributed by atoms with van der Waals surface area (Å²) in [6.07, 6.45) is 8.44. The van der Waals surface area contributed by atoms with Crippen molar-refractivity contribution >= 4 is 11.9 Å². The van der Waals surface area contributed by atoms with Crippen LogP contribution in [0.5, 0.6) is 5.75 Å². The summed E-state index contributed by atoms with van der Waals surface area (Å²) >= 11 is 0. The standard InChI is InChI=1S/C24H34N4O2/c1-16(2)20-14-26-24(27-15-20)28-9-7-19(8-10-28)6-5-11-30-21-12-17(3)22(23(25)29)18(4)13-21/h12-16,19H,5-11H2,1-4H3,(H2,25,29). The zero-order valence-electron chi connectivity index (χ0n) is 18.6. The number of benzene rings is 1. The summed E-state index contributed by atoms with van der Waals surface area (Å²) in [7, 11) is 0. The minimum atomic E-state index is -0.385. The van der Waals surface area contributed by atoms with E-state index in [1.165, 1.54) is 18.4 Å². The van der Waals surface area contributed by atoms with Gasteiger partial charge in [0.05, 0.1) is 6.61 Å². The molecule has 1 aliphatic rings. The molecule has 162 valence electrons. The van der Waals surface area contributed by atoms with Crippen LogP contribution >= 0.6 is 0 Å². The van der Waals surface area contributed by atoms with Gasteiger partial charge in [0.25, 0.3) is 0 Å². The maximum Gasteiger partial charge on any atom is 0.249 e. The number of aromatic nitrogens is 2. The Kier molecular flexibility index (Phi) is 7.29. The summed E-state index contributed by atoms with van der Waals surface area (Å²) in [6, 6.07) is 3.80. The van der Waals surface area contributed by atoms with Crippen LogP contribution in [0, 0.1) is 19.8 Å². The van der Waals surface area contributed by atoms with E-state index in [2.05, 4.69) is 28.7 Å². The zero-order valence-corrected chi connectivity index (χ0v) is 18.6. The molecule has 30 heavy (non-hydrogen) atoms. The van der Waals surface area contributed by atoms with Crippen molar-refractivity contribution in [3.8, 4) is 5.75 Å². The monoisotopic (exact) mass is 410 g/mol. The largest absolute Gasteiger partial charge is 0.494 e. The molecule has 6 heteroatoms. The van der Waals surface area contributed by atoms with Crippen molar-refractivity contribution in [3.05, 3.63) is 46.8 Å². The summed E-state index contributed by atoms with van der Waals surface area (Å²) in [4.78, 5) is 22.9. The number of ether oxygens (including phenoxy) is 1. The molecule has 1 amide bonds. The molecule has 1 aromatic carbocycles. The summed E-state index contributed by atoms with van der Waals surface area (Å²) in [5, 5.41) is 0. The SMILES string of the molecule is Cc1cc(OCCCC2CCN(c3ncc(C(C)C)cn3)CC2)cc(C)c1C(N)=O. The predicted molar refractivity (Wildman–Crippen MR) is 120 cm³/mol. The summed E-state index contributed by atoms with van der Waals surface area (Å²) in [5.41, 5.74) is 8.96. The molecule has 0 atom stereocenters. The van der Waals surface area contributed by atoms with Crippen molar-refractivity contribution in [2.75, 3.05) is 24.6 Å². The molecule has 2 N–H and O–H groups in total. The van der Waals surface area contributed by atoms with Crippen molar-refractivity contribution in [1.29, 1.82) is 0 Å². The first-order valence-corrected chi connectivity index (χ1v) is 11.0. The van der Waals surface area contributed by atoms with Crippen molar-refractivity contribution in [2.45, 2.75) is 59.3 Å². The van der Waals surface area contributed by atoms with Crippen molar-refractivity contribution in [3.63, 3.8) is 0 Å².